The van der Waals surface area contributed by atoms with Crippen LogP contribution in [-0.2, 0) is 0 Å². The van der Waals surface area contributed by atoms with Crippen molar-refractivity contribution in [3.63, 3.8) is 0 Å². The fraction of sp³-hybridized carbons (Fsp3) is 0. The molecule has 0 unspecified atom stereocenters. The molecule has 0 radical (unpaired) electrons. The second-order valence-electron chi connectivity index (χ2n) is 4.19. The minimum Gasteiger partial charge on any atom is -0.289 e. The second-order valence-corrected chi connectivity index (χ2v) is 4.19. The van der Waals surface area contributed by atoms with E-state index < -0.39 is 46.3 Å². The van der Waals surface area contributed by atoms with Gasteiger partial charge in [-0.25, -0.2) is 26.3 Å². The molecule has 0 atom stereocenters. The molecule has 0 bridgehead atoms. The third-order valence-electron chi connectivity index (χ3n) is 2.77. The summed E-state index contributed by atoms with van der Waals surface area (Å²) >= 11 is 0. The van der Waals surface area contributed by atoms with Crippen LogP contribution in [0, 0.1) is 34.9 Å². The van der Waals surface area contributed by atoms with E-state index in [1.807, 2.05) is 0 Å². The summed E-state index contributed by atoms with van der Waals surface area (Å²) in [7, 11) is 0. The molecule has 2 aromatic carbocycles. The van der Waals surface area contributed by atoms with E-state index in [1.54, 1.807) is 0 Å². The highest BCUT2D eigenvalue weighted by atomic mass is 19.2. The molecule has 0 aliphatic rings. The van der Waals surface area contributed by atoms with Crippen molar-refractivity contribution in [3.8, 4) is 0 Å². The standard InChI is InChI=1S/C15H6F6O/c16-8-3-1-7(2-4-8)10(22)6-5-9-11(17)13(19)15(21)14(20)12(9)18/h1-6H. The Morgan fingerprint density at radius 2 is 1.18 bits per heavy atom. The fourth-order valence-corrected chi connectivity index (χ4v) is 1.64. The molecular weight excluding hydrogens is 310 g/mol. The lowest BCUT2D eigenvalue weighted by molar-refractivity contribution is 0.104. The third-order valence-corrected chi connectivity index (χ3v) is 2.77. The number of carbonyl (C=O) groups is 1. The van der Waals surface area contributed by atoms with E-state index in [1.165, 1.54) is 0 Å². The van der Waals surface area contributed by atoms with Gasteiger partial charge >= 0.3 is 0 Å². The van der Waals surface area contributed by atoms with Crippen LogP contribution < -0.4 is 0 Å². The summed E-state index contributed by atoms with van der Waals surface area (Å²) in [5.74, 6) is -12.0. The van der Waals surface area contributed by atoms with Gasteiger partial charge in [0.05, 0.1) is 5.56 Å². The maximum absolute atomic E-state index is 13.4. The highest BCUT2D eigenvalue weighted by Crippen LogP contribution is 2.24. The topological polar surface area (TPSA) is 17.1 Å². The van der Waals surface area contributed by atoms with Crippen molar-refractivity contribution in [1.29, 1.82) is 0 Å². The van der Waals surface area contributed by atoms with E-state index in [4.69, 9.17) is 0 Å². The predicted molar refractivity (Wildman–Crippen MR) is 66.0 cm³/mol. The highest BCUT2D eigenvalue weighted by Gasteiger charge is 2.24. The molecule has 22 heavy (non-hydrogen) atoms. The quantitative estimate of drug-likeness (QED) is 0.269. The second kappa shape index (κ2) is 6.05. The van der Waals surface area contributed by atoms with Crippen LogP contribution in [0.3, 0.4) is 0 Å². The van der Waals surface area contributed by atoms with E-state index in [2.05, 4.69) is 0 Å². The summed E-state index contributed by atoms with van der Waals surface area (Å²) in [5.41, 5.74) is -1.24. The van der Waals surface area contributed by atoms with E-state index in [0.717, 1.165) is 24.3 Å². The van der Waals surface area contributed by atoms with Crippen LogP contribution >= 0.6 is 0 Å². The zero-order valence-electron chi connectivity index (χ0n) is 10.6. The highest BCUT2D eigenvalue weighted by molar-refractivity contribution is 6.06. The Morgan fingerprint density at radius 1 is 0.727 bits per heavy atom. The van der Waals surface area contributed by atoms with Crippen LogP contribution in [0.25, 0.3) is 6.08 Å². The van der Waals surface area contributed by atoms with Crippen molar-refractivity contribution in [2.45, 2.75) is 0 Å². The number of hydrogen-bond donors (Lipinski definition) is 0. The molecule has 0 amide bonds. The Bertz CT molecular complexity index is 736. The van der Waals surface area contributed by atoms with Gasteiger partial charge < -0.3 is 0 Å². The normalized spacial score (nSPS) is 11.2. The summed E-state index contributed by atoms with van der Waals surface area (Å²) in [6.07, 6.45) is 1.10. The van der Waals surface area contributed by atoms with E-state index in [-0.39, 0.29) is 5.56 Å². The molecule has 0 aliphatic carbocycles. The number of benzene rings is 2. The molecule has 1 nitrogen and oxygen atoms in total. The molecule has 0 heterocycles. The maximum atomic E-state index is 13.4. The van der Waals surface area contributed by atoms with Crippen molar-refractivity contribution in [1.82, 2.24) is 0 Å². The summed E-state index contributed by atoms with van der Waals surface area (Å²) in [6, 6.07) is 4.19. The van der Waals surface area contributed by atoms with Gasteiger partial charge in [-0.3, -0.25) is 4.79 Å². The minimum absolute atomic E-state index is 0.0125. The van der Waals surface area contributed by atoms with E-state index in [0.29, 0.717) is 12.2 Å². The van der Waals surface area contributed by atoms with E-state index in [9.17, 15) is 31.1 Å². The zero-order valence-corrected chi connectivity index (χ0v) is 10.6. The molecule has 0 aliphatic heterocycles. The van der Waals surface area contributed by atoms with Gasteiger partial charge in [-0.1, -0.05) is 0 Å². The summed E-state index contributed by atoms with van der Waals surface area (Å²) < 4.78 is 78.2. The first-order chi connectivity index (χ1) is 10.3. The lowest BCUT2D eigenvalue weighted by Gasteiger charge is -2.04. The molecule has 0 saturated carbocycles. The van der Waals surface area contributed by atoms with Gasteiger partial charge in [0.1, 0.15) is 5.82 Å². The number of carbonyl (C=O) groups excluding carboxylic acids is 1. The lowest BCUT2D eigenvalue weighted by atomic mass is 10.1. The predicted octanol–water partition coefficient (Wildman–Crippen LogP) is 4.42. The van der Waals surface area contributed by atoms with Gasteiger partial charge in [-0.15, -0.1) is 0 Å². The Kier molecular flexibility index (Phi) is 4.35. The summed E-state index contributed by atoms with van der Waals surface area (Å²) in [6.45, 7) is 0. The smallest absolute Gasteiger partial charge is 0.200 e. The number of hydrogen-bond acceptors (Lipinski definition) is 1. The number of ketones is 1. The largest absolute Gasteiger partial charge is 0.289 e. The van der Waals surface area contributed by atoms with Gasteiger partial charge in [-0.05, 0) is 36.4 Å². The maximum Gasteiger partial charge on any atom is 0.200 e. The number of rotatable bonds is 3. The van der Waals surface area contributed by atoms with Crippen molar-refractivity contribution < 1.29 is 31.1 Å². The molecule has 2 aromatic rings. The molecule has 0 aromatic heterocycles. The van der Waals surface area contributed by atoms with Crippen LogP contribution in [-0.4, -0.2) is 5.78 Å². The lowest BCUT2D eigenvalue weighted by Crippen LogP contribution is -2.04. The first-order valence-corrected chi connectivity index (χ1v) is 5.82. The molecule has 0 fully saturated rings. The molecular formula is C15H6F6O. The Hall–Kier alpha value is -2.57. The average Bonchev–Trinajstić information content (AvgIpc) is 2.51. The molecule has 0 N–H and O–H groups in total. The van der Waals surface area contributed by atoms with Gasteiger partial charge in [0.2, 0.25) is 5.82 Å². The zero-order chi connectivity index (χ0) is 16.4. The first kappa shape index (κ1) is 15.8. The third kappa shape index (κ3) is 2.88. The molecule has 114 valence electrons. The average molecular weight is 316 g/mol. The van der Waals surface area contributed by atoms with Crippen molar-refractivity contribution in [3.05, 3.63) is 76.4 Å². The van der Waals surface area contributed by atoms with Crippen LogP contribution in [0.1, 0.15) is 15.9 Å². The SMILES string of the molecule is O=C(C=Cc1c(F)c(F)c(F)c(F)c1F)c1ccc(F)cc1. The van der Waals surface area contributed by atoms with Crippen LogP contribution in [0.4, 0.5) is 26.3 Å². The first-order valence-electron chi connectivity index (χ1n) is 5.82. The minimum atomic E-state index is -2.28. The van der Waals surface area contributed by atoms with Gasteiger partial charge in [0, 0.05) is 5.56 Å². The van der Waals surface area contributed by atoms with E-state index >= 15 is 0 Å². The molecule has 0 spiro atoms. The number of halogens is 6. The van der Waals surface area contributed by atoms with Crippen LogP contribution in [0.2, 0.25) is 0 Å². The number of allylic oxidation sites excluding steroid dienone is 1. The molecule has 0 saturated heterocycles. The Balaban J connectivity index is 2.38. The summed E-state index contributed by atoms with van der Waals surface area (Å²) in [5, 5.41) is 0. The van der Waals surface area contributed by atoms with Gasteiger partial charge in [0.15, 0.2) is 29.1 Å². The van der Waals surface area contributed by atoms with Crippen molar-refractivity contribution in [2.24, 2.45) is 0 Å². The molecule has 2 rings (SSSR count). The Labute approximate surface area is 120 Å². The summed E-state index contributed by atoms with van der Waals surface area (Å²) in [4.78, 5) is 11.7. The van der Waals surface area contributed by atoms with Crippen LogP contribution in [0.5, 0.6) is 0 Å². The monoisotopic (exact) mass is 316 g/mol. The van der Waals surface area contributed by atoms with Crippen molar-refractivity contribution in [2.75, 3.05) is 0 Å². The van der Waals surface area contributed by atoms with Gasteiger partial charge in [-0.2, -0.15) is 0 Å². The van der Waals surface area contributed by atoms with Crippen LogP contribution in [0.15, 0.2) is 30.3 Å². The molecule has 7 heteroatoms. The Morgan fingerprint density at radius 3 is 1.68 bits per heavy atom. The van der Waals surface area contributed by atoms with Gasteiger partial charge in [0.25, 0.3) is 0 Å². The fourth-order valence-electron chi connectivity index (χ4n) is 1.64. The van der Waals surface area contributed by atoms with Crippen molar-refractivity contribution >= 4 is 11.9 Å².